The molecule has 1 unspecified atom stereocenters. The molecule has 6 nitrogen and oxygen atoms in total. The lowest BCUT2D eigenvalue weighted by Crippen LogP contribution is -2.48. The van der Waals surface area contributed by atoms with E-state index in [0.717, 1.165) is 41.7 Å². The first-order valence-corrected chi connectivity index (χ1v) is 10.3. The predicted molar refractivity (Wildman–Crippen MR) is 114 cm³/mol. The molecule has 1 N–H and O–H groups in total. The average molecular weight is 490 g/mol. The van der Waals surface area contributed by atoms with Gasteiger partial charge >= 0.3 is 5.92 Å². The molecule has 1 atom stereocenters. The molecular weight excluding hydrogens is 471 g/mol. The third-order valence-corrected chi connectivity index (χ3v) is 5.59. The highest BCUT2D eigenvalue weighted by molar-refractivity contribution is 5.33. The Kier molecular flexibility index (Phi) is 6.53. The topological polar surface area (TPSA) is 73.1 Å². The van der Waals surface area contributed by atoms with Gasteiger partial charge in [-0.1, -0.05) is 12.1 Å². The Hall–Kier alpha value is -3.86. The molecule has 2 heterocycles. The van der Waals surface area contributed by atoms with Crippen LogP contribution in [0.15, 0.2) is 67.4 Å². The zero-order chi connectivity index (χ0) is 25.2. The number of alkyl halides is 2. The number of aliphatic hydroxyl groups is 1. The minimum Gasteiger partial charge on any atom is -0.487 e. The molecule has 0 bridgehead atoms. The normalized spacial score (nSPS) is 13.5. The maximum Gasteiger partial charge on any atom is 0.323 e. The van der Waals surface area contributed by atoms with E-state index in [1.165, 1.54) is 18.2 Å². The van der Waals surface area contributed by atoms with Crippen LogP contribution >= 0.6 is 0 Å². The summed E-state index contributed by atoms with van der Waals surface area (Å²) in [5, 5.41) is 14.9. The molecule has 0 aliphatic rings. The van der Waals surface area contributed by atoms with Crippen LogP contribution in [0.25, 0.3) is 0 Å². The summed E-state index contributed by atoms with van der Waals surface area (Å²) in [5.41, 5.74) is -3.98. The number of ether oxygens (including phenoxy) is 1. The minimum atomic E-state index is -4.16. The summed E-state index contributed by atoms with van der Waals surface area (Å²) in [6.45, 7) is 0.653. The van der Waals surface area contributed by atoms with Gasteiger partial charge in [-0.15, -0.1) is 0 Å². The van der Waals surface area contributed by atoms with Crippen molar-refractivity contribution in [3.8, 4) is 5.75 Å². The second-order valence-electron chi connectivity index (χ2n) is 7.84. The van der Waals surface area contributed by atoms with Crippen molar-refractivity contribution in [1.82, 2.24) is 19.7 Å². The number of aromatic nitrogens is 4. The molecule has 0 radical (unpaired) electrons. The fraction of sp³-hybridized carbons (Fsp3) is 0.208. The molecule has 182 valence electrons. The van der Waals surface area contributed by atoms with Crippen molar-refractivity contribution >= 4 is 0 Å². The van der Waals surface area contributed by atoms with Gasteiger partial charge in [0.2, 0.25) is 0 Å². The summed E-state index contributed by atoms with van der Waals surface area (Å²) >= 11 is 0. The summed E-state index contributed by atoms with van der Waals surface area (Å²) in [6, 6.07) is 8.51. The van der Waals surface area contributed by atoms with E-state index in [4.69, 9.17) is 4.74 Å². The van der Waals surface area contributed by atoms with Crippen LogP contribution in [0.3, 0.4) is 0 Å². The number of nitrogens with zero attached hydrogens (tertiary/aromatic N) is 4. The summed E-state index contributed by atoms with van der Waals surface area (Å²) in [7, 11) is 0. The van der Waals surface area contributed by atoms with Gasteiger partial charge in [0.1, 0.15) is 48.2 Å². The Morgan fingerprint density at radius 1 is 1.03 bits per heavy atom. The fourth-order valence-electron chi connectivity index (χ4n) is 3.56. The van der Waals surface area contributed by atoms with Gasteiger partial charge in [-0.05, 0) is 48.4 Å². The van der Waals surface area contributed by atoms with Crippen molar-refractivity contribution < 1.29 is 31.8 Å². The van der Waals surface area contributed by atoms with Gasteiger partial charge in [0, 0.05) is 11.6 Å². The van der Waals surface area contributed by atoms with E-state index < -0.39 is 46.8 Å². The highest BCUT2D eigenvalue weighted by Gasteiger charge is 2.57. The molecule has 0 spiro atoms. The zero-order valence-corrected chi connectivity index (χ0v) is 18.3. The van der Waals surface area contributed by atoms with Crippen LogP contribution < -0.4 is 4.74 Å². The quantitative estimate of drug-likeness (QED) is 0.364. The van der Waals surface area contributed by atoms with Crippen molar-refractivity contribution in [2.45, 2.75) is 31.6 Å². The van der Waals surface area contributed by atoms with Crippen LogP contribution in [0.2, 0.25) is 0 Å². The molecule has 35 heavy (non-hydrogen) atoms. The predicted octanol–water partition coefficient (Wildman–Crippen LogP) is 4.66. The largest absolute Gasteiger partial charge is 0.487 e. The van der Waals surface area contributed by atoms with Gasteiger partial charge in [-0.2, -0.15) is 13.9 Å². The van der Waals surface area contributed by atoms with E-state index in [0.29, 0.717) is 17.2 Å². The first-order valence-electron chi connectivity index (χ1n) is 10.3. The van der Waals surface area contributed by atoms with E-state index in [9.17, 15) is 18.3 Å². The third kappa shape index (κ3) is 4.72. The van der Waals surface area contributed by atoms with Crippen molar-refractivity contribution in [3.05, 3.63) is 107 Å². The molecule has 0 aliphatic heterocycles. The molecule has 11 heteroatoms. The number of hydrogen-bond acceptors (Lipinski definition) is 5. The average Bonchev–Trinajstić information content (AvgIpc) is 3.33. The van der Waals surface area contributed by atoms with Crippen LogP contribution in [0.5, 0.6) is 5.75 Å². The summed E-state index contributed by atoms with van der Waals surface area (Å²) < 4.78 is 79.6. The Morgan fingerprint density at radius 3 is 2.49 bits per heavy atom. The van der Waals surface area contributed by atoms with Crippen molar-refractivity contribution in [2.75, 3.05) is 0 Å². The monoisotopic (exact) mass is 490 g/mol. The molecule has 4 rings (SSSR count). The molecule has 2 aromatic heterocycles. The Bertz CT molecular complexity index is 1320. The third-order valence-electron chi connectivity index (χ3n) is 5.59. The van der Waals surface area contributed by atoms with Crippen molar-refractivity contribution in [2.24, 2.45) is 0 Å². The van der Waals surface area contributed by atoms with Crippen LogP contribution in [0.1, 0.15) is 22.4 Å². The van der Waals surface area contributed by atoms with Crippen LogP contribution in [-0.2, 0) is 24.7 Å². The second-order valence-corrected chi connectivity index (χ2v) is 7.84. The fourth-order valence-corrected chi connectivity index (χ4v) is 3.56. The maximum atomic E-state index is 15.7. The molecule has 0 saturated carbocycles. The summed E-state index contributed by atoms with van der Waals surface area (Å²) in [6.07, 6.45) is 3.14. The highest BCUT2D eigenvalue weighted by Crippen LogP contribution is 2.46. The number of rotatable bonds is 8. The highest BCUT2D eigenvalue weighted by atomic mass is 19.3. The van der Waals surface area contributed by atoms with Gasteiger partial charge < -0.3 is 9.84 Å². The molecule has 0 fully saturated rings. The lowest BCUT2D eigenvalue weighted by molar-refractivity contribution is -0.207. The second kappa shape index (κ2) is 9.41. The van der Waals surface area contributed by atoms with Crippen LogP contribution in [0, 0.1) is 24.4 Å². The van der Waals surface area contributed by atoms with Gasteiger partial charge in [-0.3, -0.25) is 4.98 Å². The van der Waals surface area contributed by atoms with E-state index in [-0.39, 0.29) is 12.4 Å². The van der Waals surface area contributed by atoms with E-state index >= 15 is 8.78 Å². The van der Waals surface area contributed by atoms with E-state index in [1.807, 2.05) is 0 Å². The van der Waals surface area contributed by atoms with Gasteiger partial charge in [0.15, 0.2) is 5.60 Å². The number of benzene rings is 2. The Morgan fingerprint density at radius 2 is 1.83 bits per heavy atom. The Balaban J connectivity index is 1.64. The maximum absolute atomic E-state index is 15.7. The lowest BCUT2D eigenvalue weighted by atomic mass is 9.84. The summed E-state index contributed by atoms with van der Waals surface area (Å²) in [5.74, 6) is -6.81. The SMILES string of the molecule is Cc1c(F)cccc1COc1ccc(C(F)(F)C(O)(Cn2cncn2)c2ccc(F)cc2F)nc1. The molecule has 0 saturated heterocycles. The molecule has 0 aliphatic carbocycles. The molecule has 2 aromatic carbocycles. The lowest BCUT2D eigenvalue weighted by Gasteiger charge is -2.36. The number of pyridine rings is 1. The molecule has 0 amide bonds. The van der Waals surface area contributed by atoms with Crippen molar-refractivity contribution in [3.63, 3.8) is 0 Å². The standard InChI is InChI=1S/C24H19F5N4O2/c1-15-16(3-2-4-20(15)26)11-35-18-6-8-22(31-10-18)24(28,29)23(34,12-33-14-30-13-32-33)19-7-5-17(25)9-21(19)27/h2-10,13-14,34H,11-12H2,1H3. The minimum absolute atomic E-state index is 0.0297. The smallest absolute Gasteiger partial charge is 0.323 e. The van der Waals surface area contributed by atoms with Gasteiger partial charge in [0.05, 0.1) is 12.7 Å². The zero-order valence-electron chi connectivity index (χ0n) is 18.3. The van der Waals surface area contributed by atoms with Gasteiger partial charge in [-0.25, -0.2) is 22.8 Å². The first kappa shape index (κ1) is 24.3. The van der Waals surface area contributed by atoms with E-state index in [2.05, 4.69) is 15.1 Å². The number of halogens is 5. The van der Waals surface area contributed by atoms with Crippen molar-refractivity contribution in [1.29, 1.82) is 0 Å². The molecular formula is C24H19F5N4O2. The van der Waals surface area contributed by atoms with Gasteiger partial charge in [0.25, 0.3) is 0 Å². The van der Waals surface area contributed by atoms with Crippen LogP contribution in [0.4, 0.5) is 22.0 Å². The molecule has 4 aromatic rings. The van der Waals surface area contributed by atoms with Crippen LogP contribution in [-0.4, -0.2) is 24.9 Å². The first-order chi connectivity index (χ1) is 16.6. The van der Waals surface area contributed by atoms with E-state index in [1.54, 1.807) is 13.0 Å². The number of hydrogen-bond donors (Lipinski definition) is 1. The Labute approximate surface area is 196 Å². The summed E-state index contributed by atoms with van der Waals surface area (Å²) in [4.78, 5) is 7.37.